The van der Waals surface area contributed by atoms with Crippen LogP contribution in [0, 0.1) is 11.6 Å². The zero-order valence-electron chi connectivity index (χ0n) is 30.0. The molecule has 1 aliphatic rings. The van der Waals surface area contributed by atoms with Crippen molar-refractivity contribution in [1.82, 2.24) is 0 Å². The number of fused-ring (bicyclic) bond motifs is 1. The molecule has 5 aromatic rings. The molecule has 5 atom stereocenters. The lowest BCUT2D eigenvalue weighted by Gasteiger charge is -2.41. The summed E-state index contributed by atoms with van der Waals surface area (Å²) in [6, 6.07) is 16.6. The van der Waals surface area contributed by atoms with E-state index in [0.29, 0.717) is 19.3 Å². The minimum atomic E-state index is -1.95. The number of carbonyl (C=O) groups is 2. The van der Waals surface area contributed by atoms with Crippen molar-refractivity contribution < 1.29 is 72.4 Å². The minimum absolute atomic E-state index is 0.0565. The van der Waals surface area contributed by atoms with Gasteiger partial charge < -0.3 is 54.0 Å². The summed E-state index contributed by atoms with van der Waals surface area (Å²) in [4.78, 5) is 39.8. The van der Waals surface area contributed by atoms with Crippen molar-refractivity contribution in [3.63, 3.8) is 0 Å². The van der Waals surface area contributed by atoms with Gasteiger partial charge in [-0.05, 0) is 79.3 Å². The largest absolute Gasteiger partial charge is 0.508 e. The number of ether oxygens (including phenoxy) is 4. The van der Waals surface area contributed by atoms with Crippen LogP contribution < -0.4 is 10.2 Å². The van der Waals surface area contributed by atoms with Gasteiger partial charge in [0.25, 0.3) is 0 Å². The Hall–Kier alpha value is -6.23. The molecule has 0 spiro atoms. The van der Waals surface area contributed by atoms with Crippen molar-refractivity contribution in [2.75, 3.05) is 6.61 Å². The van der Waals surface area contributed by atoms with Crippen LogP contribution in [0.4, 0.5) is 8.78 Å². The molecular weight excluding hydrogens is 754 g/mol. The number of benzene rings is 4. The van der Waals surface area contributed by atoms with Gasteiger partial charge >= 0.3 is 11.9 Å². The second kappa shape index (κ2) is 17.7. The van der Waals surface area contributed by atoms with E-state index >= 15 is 0 Å². The number of aryl methyl sites for hydroxylation is 2. The molecule has 0 unspecified atom stereocenters. The van der Waals surface area contributed by atoms with Gasteiger partial charge in [-0.15, -0.1) is 0 Å². The number of carbonyl (C=O) groups excluding carboxylic acids is 2. The Labute approximate surface area is 322 Å². The quantitative estimate of drug-likeness (QED) is 0.0652. The summed E-state index contributed by atoms with van der Waals surface area (Å²) in [5.74, 6) is -5.86. The Morgan fingerprint density at radius 1 is 0.719 bits per heavy atom. The molecule has 1 aliphatic heterocycles. The van der Waals surface area contributed by atoms with Gasteiger partial charge in [0, 0.05) is 30.5 Å². The molecule has 6 N–H and O–H groups in total. The average molecular weight is 793 g/mol. The minimum Gasteiger partial charge on any atom is -0.508 e. The Bertz CT molecular complexity index is 2270. The summed E-state index contributed by atoms with van der Waals surface area (Å²) in [5.41, 5.74) is 0.107. The number of esters is 2. The number of rotatable bonds is 14. The molecule has 1 saturated heterocycles. The molecule has 300 valence electrons. The smallest absolute Gasteiger partial charge is 0.306 e. The summed E-state index contributed by atoms with van der Waals surface area (Å²) in [5, 5.41) is 62.9. The van der Waals surface area contributed by atoms with Crippen LogP contribution in [0.1, 0.15) is 36.8 Å². The van der Waals surface area contributed by atoms with Gasteiger partial charge in [0.2, 0.25) is 17.5 Å². The van der Waals surface area contributed by atoms with E-state index in [-0.39, 0.29) is 30.4 Å². The summed E-state index contributed by atoms with van der Waals surface area (Å²) >= 11 is 0. The highest BCUT2D eigenvalue weighted by Crippen LogP contribution is 2.39. The summed E-state index contributed by atoms with van der Waals surface area (Å²) in [7, 11) is 0. The van der Waals surface area contributed by atoms with Crippen molar-refractivity contribution >= 4 is 22.9 Å². The maximum atomic E-state index is 14.0. The van der Waals surface area contributed by atoms with Crippen molar-refractivity contribution in [1.29, 1.82) is 0 Å². The fourth-order valence-corrected chi connectivity index (χ4v) is 6.24. The first-order valence-corrected chi connectivity index (χ1v) is 17.8. The molecule has 16 heteroatoms. The zero-order chi connectivity index (χ0) is 40.8. The first-order valence-electron chi connectivity index (χ1n) is 17.8. The Kier molecular flexibility index (Phi) is 12.6. The number of halogens is 2. The summed E-state index contributed by atoms with van der Waals surface area (Å²) in [6.45, 7) is -0.628. The number of aromatic hydroxyl groups is 4. The Balaban J connectivity index is 1.27. The number of aliphatic hydroxyl groups excluding tert-OH is 2. The monoisotopic (exact) mass is 792 g/mol. The van der Waals surface area contributed by atoms with Crippen LogP contribution >= 0.6 is 0 Å². The fraction of sp³-hybridized carbons (Fsp3) is 0.293. The molecule has 14 nitrogen and oxygen atoms in total. The third-order valence-electron chi connectivity index (χ3n) is 9.23. The van der Waals surface area contributed by atoms with Gasteiger partial charge in [0.05, 0.1) is 0 Å². The van der Waals surface area contributed by atoms with Crippen molar-refractivity contribution in [2.45, 2.75) is 69.2 Å². The molecule has 1 aromatic heterocycles. The molecular formula is C41H38F2O14. The van der Waals surface area contributed by atoms with Crippen LogP contribution in [0.3, 0.4) is 0 Å². The first-order chi connectivity index (χ1) is 27.3. The number of hydrogen-bond acceptors (Lipinski definition) is 14. The van der Waals surface area contributed by atoms with Crippen molar-refractivity contribution in [3.8, 4) is 40.1 Å². The highest BCUT2D eigenvalue weighted by Gasteiger charge is 2.49. The predicted octanol–water partition coefficient (Wildman–Crippen LogP) is 4.89. The van der Waals surface area contributed by atoms with E-state index < -0.39 is 106 Å². The van der Waals surface area contributed by atoms with Gasteiger partial charge in [-0.3, -0.25) is 14.4 Å². The molecule has 57 heavy (non-hydrogen) atoms. The van der Waals surface area contributed by atoms with E-state index in [1.54, 1.807) is 24.3 Å². The predicted molar refractivity (Wildman–Crippen MR) is 195 cm³/mol. The summed E-state index contributed by atoms with van der Waals surface area (Å²) < 4.78 is 55.3. The molecule has 0 bridgehead atoms. The number of aliphatic hydroxyl groups is 2. The van der Waals surface area contributed by atoms with Crippen LogP contribution in [0.15, 0.2) is 88.1 Å². The molecule has 0 amide bonds. The third-order valence-corrected chi connectivity index (χ3v) is 9.23. The van der Waals surface area contributed by atoms with Gasteiger partial charge in [-0.1, -0.05) is 24.3 Å². The van der Waals surface area contributed by atoms with Crippen molar-refractivity contribution in [3.05, 3.63) is 112 Å². The molecule has 0 aliphatic carbocycles. The molecule has 2 heterocycles. The van der Waals surface area contributed by atoms with Crippen LogP contribution in [0.5, 0.6) is 28.7 Å². The Morgan fingerprint density at radius 2 is 1.33 bits per heavy atom. The van der Waals surface area contributed by atoms with Gasteiger partial charge in [-0.2, -0.15) is 0 Å². The second-order valence-corrected chi connectivity index (χ2v) is 13.4. The molecule has 1 fully saturated rings. The van der Waals surface area contributed by atoms with Crippen LogP contribution in [-0.4, -0.2) is 79.9 Å². The lowest BCUT2D eigenvalue weighted by Crippen LogP contribution is -2.61. The second-order valence-electron chi connectivity index (χ2n) is 13.4. The lowest BCUT2D eigenvalue weighted by atomic mass is 9.98. The maximum absolute atomic E-state index is 14.0. The van der Waals surface area contributed by atoms with Gasteiger partial charge in [0.1, 0.15) is 59.0 Å². The maximum Gasteiger partial charge on any atom is 0.306 e. The topological polar surface area (TPSA) is 223 Å². The van der Waals surface area contributed by atoms with E-state index in [2.05, 4.69) is 0 Å². The standard InChI is InChI=1S/C41H38F2O14/c42-24-12-7-21(8-13-24)3-1-5-32(48)53-20-31-35(50)37(52)40(56-33(49)6-2-4-22-9-14-25(43)15-10-22)41(55-31)57-39-36(51)34-29(47)18-26(44)19-30(34)54-38(39)23-11-16-27(45)28(46)17-23/h7-19,31,35,37,40-41,44-47,50,52H,1-6,20H2/t31-,35+,37+,40-,41+/m1/s1. The van der Waals surface area contributed by atoms with E-state index in [0.717, 1.165) is 35.4 Å². The first kappa shape index (κ1) is 40.4. The number of phenols is 4. The highest BCUT2D eigenvalue weighted by molar-refractivity contribution is 5.88. The Morgan fingerprint density at radius 3 is 1.95 bits per heavy atom. The fourth-order valence-electron chi connectivity index (χ4n) is 6.24. The normalized spacial score (nSPS) is 19.3. The molecule has 0 saturated carbocycles. The third kappa shape index (κ3) is 9.78. The van der Waals surface area contributed by atoms with E-state index in [1.807, 2.05) is 0 Å². The number of hydrogen-bond donors (Lipinski definition) is 6. The average Bonchev–Trinajstić information content (AvgIpc) is 3.17. The van der Waals surface area contributed by atoms with Crippen LogP contribution in [0.2, 0.25) is 0 Å². The van der Waals surface area contributed by atoms with Crippen LogP contribution in [0.25, 0.3) is 22.3 Å². The zero-order valence-corrected chi connectivity index (χ0v) is 30.0. The highest BCUT2D eigenvalue weighted by atomic mass is 19.1. The van der Waals surface area contributed by atoms with E-state index in [1.165, 1.54) is 30.3 Å². The van der Waals surface area contributed by atoms with Crippen molar-refractivity contribution in [2.24, 2.45) is 0 Å². The molecule has 6 rings (SSSR count). The van der Waals surface area contributed by atoms with Gasteiger partial charge in [-0.25, -0.2) is 8.78 Å². The molecule has 0 radical (unpaired) electrons. The van der Waals surface area contributed by atoms with E-state index in [4.69, 9.17) is 23.4 Å². The van der Waals surface area contributed by atoms with E-state index in [9.17, 15) is 53.8 Å². The lowest BCUT2D eigenvalue weighted by molar-refractivity contribution is -0.283. The van der Waals surface area contributed by atoms with Crippen LogP contribution in [-0.2, 0) is 36.6 Å². The molecule has 4 aromatic carbocycles. The van der Waals surface area contributed by atoms with Gasteiger partial charge in [0.15, 0.2) is 23.4 Å². The number of phenolic OH excluding ortho intramolecular Hbond substituents is 4. The summed E-state index contributed by atoms with van der Waals surface area (Å²) in [6.07, 6.45) is -7.96. The SMILES string of the molecule is O=C(CCCc1ccc(F)cc1)OC[C@H]1O[C@@H](Oc2c(-c3ccc(O)c(O)c3)oc3cc(O)cc(O)c3c2=O)[C@H](OC(=O)CCCc2ccc(F)cc2)[C@@H](O)[C@H]1O.